The minimum Gasteiger partial charge on any atom is -0.481 e. The minimum absolute atomic E-state index is 0.0162. The van der Waals surface area contributed by atoms with Gasteiger partial charge in [0.2, 0.25) is 5.91 Å². The monoisotopic (exact) mass is 291 g/mol. The largest absolute Gasteiger partial charge is 0.481 e. The number of sulfone groups is 1. The van der Waals surface area contributed by atoms with Crippen LogP contribution < -0.4 is 5.32 Å². The van der Waals surface area contributed by atoms with Crippen LogP contribution in [0, 0.1) is 0 Å². The number of hydrogen-bond acceptors (Lipinski definition) is 4. The summed E-state index contributed by atoms with van der Waals surface area (Å²) in [6.07, 6.45) is 0.290. The molecule has 0 fully saturated rings. The van der Waals surface area contributed by atoms with E-state index >= 15 is 0 Å². The van der Waals surface area contributed by atoms with Gasteiger partial charge in [0, 0.05) is 6.26 Å². The molecule has 0 radical (unpaired) electrons. The summed E-state index contributed by atoms with van der Waals surface area (Å²) in [5, 5.41) is 10.8. The lowest BCUT2D eigenvalue weighted by molar-refractivity contribution is -0.139. The molecular weight excluding hydrogens is 282 g/mol. The summed E-state index contributed by atoms with van der Waals surface area (Å²) in [5.74, 6) is -2.07. The highest BCUT2D eigenvalue weighted by atomic mass is 35.5. The molecule has 98 valence electrons. The third kappa shape index (κ3) is 4.01. The van der Waals surface area contributed by atoms with E-state index < -0.39 is 28.1 Å². The van der Waals surface area contributed by atoms with Crippen LogP contribution >= 0.6 is 11.6 Å². The molecule has 0 spiro atoms. The Morgan fingerprint density at radius 2 is 2.00 bits per heavy atom. The first-order valence-corrected chi connectivity index (χ1v) is 6.98. The second kappa shape index (κ2) is 5.36. The highest BCUT2D eigenvalue weighted by molar-refractivity contribution is 7.90. The third-order valence-electron chi connectivity index (χ3n) is 1.95. The van der Waals surface area contributed by atoms with E-state index in [1.165, 1.54) is 18.2 Å². The van der Waals surface area contributed by atoms with Crippen LogP contribution in [0.15, 0.2) is 23.1 Å². The van der Waals surface area contributed by atoms with E-state index in [-0.39, 0.29) is 15.6 Å². The first-order valence-electron chi connectivity index (χ1n) is 4.71. The Hall–Kier alpha value is -1.60. The quantitative estimate of drug-likeness (QED) is 0.811. The SMILES string of the molecule is CS(=O)(=O)c1ccc(Cl)c(NC(=O)CC(=O)O)c1. The van der Waals surface area contributed by atoms with Gasteiger partial charge in [-0.1, -0.05) is 11.6 Å². The van der Waals surface area contributed by atoms with Gasteiger partial charge in [-0.3, -0.25) is 9.59 Å². The highest BCUT2D eigenvalue weighted by Crippen LogP contribution is 2.25. The number of halogens is 1. The highest BCUT2D eigenvalue weighted by Gasteiger charge is 2.13. The topological polar surface area (TPSA) is 101 Å². The van der Waals surface area contributed by atoms with E-state index in [0.29, 0.717) is 0 Å². The number of carboxylic acid groups (broad SMARTS) is 1. The van der Waals surface area contributed by atoms with Crippen LogP contribution in [0.25, 0.3) is 0 Å². The zero-order valence-corrected chi connectivity index (χ0v) is 10.9. The number of hydrogen-bond donors (Lipinski definition) is 2. The standard InChI is InChI=1S/C10H10ClNO5S/c1-18(16,17)6-2-3-7(11)8(4-6)12-9(13)5-10(14)15/h2-4H,5H2,1H3,(H,12,13)(H,14,15). The first kappa shape index (κ1) is 14.5. The molecule has 0 aromatic heterocycles. The molecule has 0 unspecified atom stereocenters. The predicted molar refractivity (Wildman–Crippen MR) is 65.4 cm³/mol. The van der Waals surface area contributed by atoms with Crippen molar-refractivity contribution >= 4 is 39.0 Å². The first-order chi connectivity index (χ1) is 8.20. The zero-order chi connectivity index (χ0) is 13.9. The molecule has 0 saturated carbocycles. The Kier molecular flexibility index (Phi) is 4.31. The third-order valence-corrected chi connectivity index (χ3v) is 3.39. The second-order valence-electron chi connectivity index (χ2n) is 3.53. The maximum atomic E-state index is 11.3. The summed E-state index contributed by atoms with van der Waals surface area (Å²) in [6, 6.07) is 3.79. The van der Waals surface area contributed by atoms with Crippen molar-refractivity contribution in [2.24, 2.45) is 0 Å². The van der Waals surface area contributed by atoms with Gasteiger partial charge in [-0.25, -0.2) is 8.42 Å². The predicted octanol–water partition coefficient (Wildman–Crippen LogP) is 1.16. The molecule has 18 heavy (non-hydrogen) atoms. The van der Waals surface area contributed by atoms with Crippen molar-refractivity contribution < 1.29 is 23.1 Å². The maximum absolute atomic E-state index is 11.3. The van der Waals surface area contributed by atoms with Crippen molar-refractivity contribution in [2.75, 3.05) is 11.6 Å². The van der Waals surface area contributed by atoms with E-state index in [1.54, 1.807) is 0 Å². The normalized spacial score (nSPS) is 11.0. The molecule has 1 rings (SSSR count). The fourth-order valence-electron chi connectivity index (χ4n) is 1.16. The van der Waals surface area contributed by atoms with Crippen molar-refractivity contribution in [3.63, 3.8) is 0 Å². The molecule has 2 N–H and O–H groups in total. The molecule has 0 heterocycles. The summed E-state index contributed by atoms with van der Waals surface area (Å²) in [5.41, 5.74) is 0.0610. The lowest BCUT2D eigenvalue weighted by Crippen LogP contribution is -2.16. The fourth-order valence-corrected chi connectivity index (χ4v) is 1.97. The molecule has 0 saturated heterocycles. The average Bonchev–Trinajstić information content (AvgIpc) is 2.18. The Morgan fingerprint density at radius 1 is 1.39 bits per heavy atom. The van der Waals surface area contributed by atoms with Crippen LogP contribution in [0.2, 0.25) is 5.02 Å². The van der Waals surface area contributed by atoms with Crippen LogP contribution in [-0.4, -0.2) is 31.7 Å². The van der Waals surface area contributed by atoms with Crippen molar-refractivity contribution in [2.45, 2.75) is 11.3 Å². The maximum Gasteiger partial charge on any atom is 0.312 e. The molecule has 0 aliphatic heterocycles. The van der Waals surface area contributed by atoms with Gasteiger partial charge in [-0.15, -0.1) is 0 Å². The number of amides is 1. The van der Waals surface area contributed by atoms with Gasteiger partial charge < -0.3 is 10.4 Å². The molecular formula is C10H10ClNO5S. The van der Waals surface area contributed by atoms with E-state index in [4.69, 9.17) is 16.7 Å². The number of benzene rings is 1. The summed E-state index contributed by atoms with van der Waals surface area (Å²) < 4.78 is 22.6. The summed E-state index contributed by atoms with van der Waals surface area (Å²) in [6.45, 7) is 0. The molecule has 1 aromatic carbocycles. The number of carboxylic acids is 1. The number of carbonyl (C=O) groups excluding carboxylic acids is 1. The zero-order valence-electron chi connectivity index (χ0n) is 9.31. The molecule has 1 aromatic rings. The molecule has 1 amide bonds. The van der Waals surface area contributed by atoms with Gasteiger partial charge in [0.05, 0.1) is 15.6 Å². The van der Waals surface area contributed by atoms with Crippen LogP contribution in [-0.2, 0) is 19.4 Å². The Morgan fingerprint density at radius 3 is 2.50 bits per heavy atom. The van der Waals surface area contributed by atoms with Crippen molar-refractivity contribution in [3.8, 4) is 0 Å². The van der Waals surface area contributed by atoms with Crippen molar-refractivity contribution in [3.05, 3.63) is 23.2 Å². The number of aliphatic carboxylic acids is 1. The molecule has 0 atom stereocenters. The van der Waals surface area contributed by atoms with Crippen LogP contribution in [0.4, 0.5) is 5.69 Å². The number of carbonyl (C=O) groups is 2. The van der Waals surface area contributed by atoms with Gasteiger partial charge in [0.1, 0.15) is 6.42 Å². The van der Waals surface area contributed by atoms with E-state index in [1.807, 2.05) is 0 Å². The second-order valence-corrected chi connectivity index (χ2v) is 5.96. The van der Waals surface area contributed by atoms with E-state index in [9.17, 15) is 18.0 Å². The van der Waals surface area contributed by atoms with Gasteiger partial charge in [0.25, 0.3) is 0 Å². The number of anilines is 1. The number of rotatable bonds is 4. The Labute approximate surface area is 108 Å². The molecule has 0 bridgehead atoms. The van der Waals surface area contributed by atoms with Gasteiger partial charge in [-0.2, -0.15) is 0 Å². The van der Waals surface area contributed by atoms with Crippen LogP contribution in [0.5, 0.6) is 0 Å². The van der Waals surface area contributed by atoms with Crippen molar-refractivity contribution in [1.82, 2.24) is 0 Å². The van der Waals surface area contributed by atoms with E-state index in [2.05, 4.69) is 5.32 Å². The summed E-state index contributed by atoms with van der Waals surface area (Å²) in [7, 11) is -3.43. The smallest absolute Gasteiger partial charge is 0.312 e. The van der Waals surface area contributed by atoms with Gasteiger partial charge in [-0.05, 0) is 18.2 Å². The molecule has 0 aliphatic carbocycles. The minimum atomic E-state index is -3.43. The fraction of sp³-hybridized carbons (Fsp3) is 0.200. The molecule has 8 heteroatoms. The molecule has 6 nitrogen and oxygen atoms in total. The lowest BCUT2D eigenvalue weighted by atomic mass is 10.3. The molecule has 0 aliphatic rings. The lowest BCUT2D eigenvalue weighted by Gasteiger charge is -2.07. The number of nitrogens with one attached hydrogen (secondary N) is 1. The van der Waals surface area contributed by atoms with Crippen molar-refractivity contribution in [1.29, 1.82) is 0 Å². The van der Waals surface area contributed by atoms with Gasteiger partial charge >= 0.3 is 5.97 Å². The van der Waals surface area contributed by atoms with Gasteiger partial charge in [0.15, 0.2) is 9.84 Å². The van der Waals surface area contributed by atoms with Crippen LogP contribution in [0.3, 0.4) is 0 Å². The Bertz CT molecular complexity index is 596. The summed E-state index contributed by atoms with van der Waals surface area (Å²) >= 11 is 5.77. The van der Waals surface area contributed by atoms with E-state index in [0.717, 1.165) is 6.26 Å². The summed E-state index contributed by atoms with van der Waals surface area (Å²) in [4.78, 5) is 21.5. The average molecular weight is 292 g/mol. The van der Waals surface area contributed by atoms with Crippen LogP contribution in [0.1, 0.15) is 6.42 Å². The Balaban J connectivity index is 3.02.